The molecule has 0 amide bonds. The Morgan fingerprint density at radius 3 is 2.36 bits per heavy atom. The van der Waals surface area contributed by atoms with Crippen LogP contribution in [0.2, 0.25) is 0 Å². The Kier molecular flexibility index (Phi) is 3.18. The molecule has 0 aromatic heterocycles. The summed E-state index contributed by atoms with van der Waals surface area (Å²) in [5, 5.41) is 9.37. The van der Waals surface area contributed by atoms with Crippen LogP contribution in [-0.4, -0.2) is 9.62 Å². The van der Waals surface area contributed by atoms with Gasteiger partial charge in [-0.3, -0.25) is 0 Å². The first-order chi connectivity index (χ1) is 6.38. The van der Waals surface area contributed by atoms with Gasteiger partial charge >= 0.3 is 6.18 Å². The number of benzene rings is 1. The number of hydrogen-bond donors (Lipinski definition) is 1. The minimum Gasteiger partial charge on any atom is -0.506 e. The van der Waals surface area contributed by atoms with Crippen molar-refractivity contribution in [3.8, 4) is 5.75 Å². The van der Waals surface area contributed by atoms with Gasteiger partial charge < -0.3 is 5.11 Å². The third kappa shape index (κ3) is 2.08. The Morgan fingerprint density at radius 2 is 1.93 bits per heavy atom. The number of aromatic hydroxyl groups is 1. The summed E-state index contributed by atoms with van der Waals surface area (Å²) in [7, 11) is 0. The van der Waals surface area contributed by atoms with E-state index >= 15 is 0 Å². The van der Waals surface area contributed by atoms with Crippen molar-refractivity contribution in [2.45, 2.75) is 13.1 Å². The highest BCUT2D eigenvalue weighted by molar-refractivity contribution is 14.2. The molecule has 1 nitrogen and oxygen atoms in total. The number of hydrogen-bond acceptors (Lipinski definition) is 1. The van der Waals surface area contributed by atoms with E-state index in [1.54, 1.807) is 6.92 Å². The minimum absolute atomic E-state index is 0.360. The third-order valence-corrected chi connectivity index (χ3v) is 3.87. The lowest BCUT2D eigenvalue weighted by molar-refractivity contribution is -0.138. The van der Waals surface area contributed by atoms with Crippen molar-refractivity contribution >= 4 is 25.2 Å². The van der Waals surface area contributed by atoms with E-state index in [9.17, 15) is 18.3 Å². The zero-order valence-corrected chi connectivity index (χ0v) is 9.48. The first-order valence-electron chi connectivity index (χ1n) is 3.66. The van der Waals surface area contributed by atoms with Gasteiger partial charge in [-0.05, 0) is 18.6 Å². The summed E-state index contributed by atoms with van der Waals surface area (Å²) in [6.45, 7) is 1.67. The maximum atomic E-state index is 12.3. The Hall–Kier alpha value is -0.590. The second-order valence-corrected chi connectivity index (χ2v) is 4.57. The fourth-order valence-electron chi connectivity index (χ4n) is 1.06. The SMILES string of the molecule is C=Ic1c(C)ccc(C(F)(F)F)c1O. The molecule has 1 N–H and O–H groups in total. The minimum atomic E-state index is -4.49. The van der Waals surface area contributed by atoms with Crippen LogP contribution in [0, 0.1) is 10.5 Å². The van der Waals surface area contributed by atoms with Gasteiger partial charge in [0.15, 0.2) is 0 Å². The van der Waals surface area contributed by atoms with E-state index in [0.29, 0.717) is 9.13 Å². The highest BCUT2D eigenvalue weighted by atomic mass is 127. The quantitative estimate of drug-likeness (QED) is 0.788. The second-order valence-electron chi connectivity index (χ2n) is 2.72. The number of phenolic OH excluding ortho intramolecular Hbond substituents is 1. The van der Waals surface area contributed by atoms with E-state index in [1.165, 1.54) is 6.07 Å². The number of alkyl halides is 3. The molecule has 0 saturated carbocycles. The van der Waals surface area contributed by atoms with Crippen LogP contribution in [0.5, 0.6) is 5.75 Å². The van der Waals surface area contributed by atoms with Gasteiger partial charge in [0.25, 0.3) is 0 Å². The summed E-state index contributed by atoms with van der Waals surface area (Å²) >= 11 is -0.799. The van der Waals surface area contributed by atoms with Gasteiger partial charge in [-0.2, -0.15) is 13.2 Å². The maximum absolute atomic E-state index is 12.3. The molecule has 0 atom stereocenters. The number of halogens is 4. The van der Waals surface area contributed by atoms with Crippen LogP contribution in [-0.2, 0) is 6.18 Å². The topological polar surface area (TPSA) is 20.2 Å². The van der Waals surface area contributed by atoms with Crippen LogP contribution in [0.15, 0.2) is 12.1 Å². The summed E-state index contributed by atoms with van der Waals surface area (Å²) in [5.41, 5.74) is -0.306. The molecular formula is C9H8F3IO. The zero-order valence-electron chi connectivity index (χ0n) is 7.32. The molecular weight excluding hydrogens is 308 g/mol. The Morgan fingerprint density at radius 1 is 1.36 bits per heavy atom. The molecule has 0 bridgehead atoms. The first kappa shape index (κ1) is 11.5. The molecule has 0 aliphatic rings. The highest BCUT2D eigenvalue weighted by Crippen LogP contribution is 2.39. The van der Waals surface area contributed by atoms with Crippen molar-refractivity contribution in [2.24, 2.45) is 0 Å². The molecule has 0 unspecified atom stereocenters. The van der Waals surface area contributed by atoms with Crippen molar-refractivity contribution in [2.75, 3.05) is 0 Å². The molecule has 0 spiro atoms. The fraction of sp³-hybridized carbons (Fsp3) is 0.222. The highest BCUT2D eigenvalue weighted by Gasteiger charge is 2.34. The second kappa shape index (κ2) is 3.88. The summed E-state index contributed by atoms with van der Waals surface area (Å²) < 4.78 is 40.9. The van der Waals surface area contributed by atoms with Crippen molar-refractivity contribution in [3.63, 3.8) is 0 Å². The molecule has 5 heteroatoms. The standard InChI is InChI=1S/C9H8F3IO/c1-5-3-4-6(9(10,11)12)8(14)7(5)13-2/h3-4,14H,2H2,1H3. The zero-order chi connectivity index (χ0) is 10.9. The molecule has 0 aliphatic carbocycles. The van der Waals surface area contributed by atoms with Crippen LogP contribution in [0.1, 0.15) is 11.1 Å². The molecule has 1 rings (SSSR count). The molecule has 0 saturated heterocycles. The van der Waals surface area contributed by atoms with Crippen molar-refractivity contribution < 1.29 is 18.3 Å². The maximum Gasteiger partial charge on any atom is 0.419 e. The number of phenols is 1. The first-order valence-corrected chi connectivity index (χ1v) is 6.26. The smallest absolute Gasteiger partial charge is 0.419 e. The van der Waals surface area contributed by atoms with Crippen molar-refractivity contribution in [3.05, 3.63) is 26.8 Å². The lowest BCUT2D eigenvalue weighted by Crippen LogP contribution is -2.06. The largest absolute Gasteiger partial charge is 0.506 e. The number of rotatable bonds is 1. The monoisotopic (exact) mass is 316 g/mol. The van der Waals surface area contributed by atoms with Crippen LogP contribution in [0.4, 0.5) is 13.2 Å². The van der Waals surface area contributed by atoms with Gasteiger partial charge in [0.1, 0.15) is 5.75 Å². The van der Waals surface area contributed by atoms with Gasteiger partial charge in [-0.25, -0.2) is 0 Å². The molecule has 0 radical (unpaired) electrons. The normalized spacial score (nSPS) is 11.7. The van der Waals surface area contributed by atoms with Crippen LogP contribution >= 0.6 is 20.7 Å². The lowest BCUT2D eigenvalue weighted by atomic mass is 10.1. The molecule has 78 valence electrons. The van der Waals surface area contributed by atoms with E-state index in [0.717, 1.165) is 6.07 Å². The average Bonchev–Trinajstić information content (AvgIpc) is 2.02. The van der Waals surface area contributed by atoms with Gasteiger partial charge in [0.05, 0.1) is 9.13 Å². The molecule has 14 heavy (non-hydrogen) atoms. The van der Waals surface area contributed by atoms with E-state index < -0.39 is 38.2 Å². The van der Waals surface area contributed by atoms with E-state index in [1.807, 2.05) is 0 Å². The predicted molar refractivity (Wildman–Crippen MR) is 57.7 cm³/mol. The Bertz CT molecular complexity index is 371. The summed E-state index contributed by atoms with van der Waals surface area (Å²) in [6.07, 6.45) is -4.49. The van der Waals surface area contributed by atoms with Crippen LogP contribution < -0.4 is 0 Å². The van der Waals surface area contributed by atoms with Crippen molar-refractivity contribution in [1.82, 2.24) is 0 Å². The lowest BCUT2D eigenvalue weighted by Gasteiger charge is -2.11. The van der Waals surface area contributed by atoms with Crippen LogP contribution in [0.3, 0.4) is 0 Å². The Balaban J connectivity index is 3.43. The molecule has 0 heterocycles. The molecule has 1 aromatic carbocycles. The van der Waals surface area contributed by atoms with E-state index in [2.05, 4.69) is 4.51 Å². The predicted octanol–water partition coefficient (Wildman–Crippen LogP) is 3.29. The van der Waals surface area contributed by atoms with Gasteiger partial charge in [0, 0.05) is 0 Å². The van der Waals surface area contributed by atoms with E-state index in [-0.39, 0.29) is 0 Å². The summed E-state index contributed by atoms with van der Waals surface area (Å²) in [5.74, 6) is -0.652. The third-order valence-electron chi connectivity index (χ3n) is 1.75. The van der Waals surface area contributed by atoms with Crippen molar-refractivity contribution in [1.29, 1.82) is 0 Å². The van der Waals surface area contributed by atoms with E-state index in [4.69, 9.17) is 0 Å². The average molecular weight is 316 g/mol. The Labute approximate surface area is 89.3 Å². The number of aryl methyl sites for hydroxylation is 1. The van der Waals surface area contributed by atoms with Gasteiger partial charge in [-0.1, -0.05) is 31.3 Å². The van der Waals surface area contributed by atoms with Crippen LogP contribution in [0.25, 0.3) is 0 Å². The summed E-state index contributed by atoms with van der Waals surface area (Å²) in [4.78, 5) is 0. The molecule has 0 fully saturated rings. The summed E-state index contributed by atoms with van der Waals surface area (Å²) in [6, 6.07) is 2.26. The fourth-order valence-corrected chi connectivity index (χ4v) is 2.50. The molecule has 1 aromatic rings. The van der Waals surface area contributed by atoms with Gasteiger partial charge in [-0.15, -0.1) is 0 Å². The van der Waals surface area contributed by atoms with Gasteiger partial charge in [0.2, 0.25) is 0 Å². The molecule has 0 aliphatic heterocycles.